The summed E-state index contributed by atoms with van der Waals surface area (Å²) < 4.78 is 10.9. The fraction of sp³-hybridized carbons (Fsp3) is 0.150. The molecule has 4 aromatic rings. The largest absolute Gasteiger partial charge is 0.506 e. The van der Waals surface area contributed by atoms with Crippen molar-refractivity contribution in [2.24, 2.45) is 0 Å². The Labute approximate surface area is 154 Å². The van der Waals surface area contributed by atoms with Crippen LogP contribution in [0.5, 0.6) is 11.5 Å². The van der Waals surface area contributed by atoms with E-state index in [-0.39, 0.29) is 23.0 Å². The number of nitrogens with one attached hydrogen (secondary N) is 1. The van der Waals surface area contributed by atoms with Gasteiger partial charge in [0.1, 0.15) is 17.1 Å². The first-order valence-electron chi connectivity index (χ1n) is 8.50. The van der Waals surface area contributed by atoms with E-state index in [1.54, 1.807) is 24.3 Å². The van der Waals surface area contributed by atoms with Gasteiger partial charge in [0.15, 0.2) is 0 Å². The first-order valence-corrected chi connectivity index (χ1v) is 8.50. The maximum atomic E-state index is 12.5. The van der Waals surface area contributed by atoms with Crippen molar-refractivity contribution in [1.82, 2.24) is 15.1 Å². The lowest BCUT2D eigenvalue weighted by Crippen LogP contribution is -2.09. The van der Waals surface area contributed by atoms with Crippen LogP contribution in [0.1, 0.15) is 12.5 Å². The zero-order valence-corrected chi connectivity index (χ0v) is 14.8. The first kappa shape index (κ1) is 16.8. The number of H-pyrrole nitrogens is 1. The molecule has 2 aromatic heterocycles. The lowest BCUT2D eigenvalue weighted by atomic mass is 10.1. The predicted molar refractivity (Wildman–Crippen MR) is 101 cm³/mol. The van der Waals surface area contributed by atoms with E-state index in [9.17, 15) is 9.90 Å². The van der Waals surface area contributed by atoms with Crippen LogP contribution in [0.2, 0.25) is 0 Å². The molecule has 0 amide bonds. The smallest absolute Gasteiger partial charge is 0.267 e. The van der Waals surface area contributed by atoms with Gasteiger partial charge in [-0.2, -0.15) is 4.98 Å². The van der Waals surface area contributed by atoms with E-state index in [0.717, 1.165) is 5.56 Å². The number of aromatic amines is 1. The molecule has 0 spiro atoms. The molecule has 0 bridgehead atoms. The maximum absolute atomic E-state index is 12.5. The Morgan fingerprint density at radius 1 is 1.22 bits per heavy atom. The molecule has 136 valence electrons. The molecule has 0 aliphatic heterocycles. The van der Waals surface area contributed by atoms with E-state index in [4.69, 9.17) is 9.26 Å². The summed E-state index contributed by atoms with van der Waals surface area (Å²) in [5.74, 6) is 0.640. The van der Waals surface area contributed by atoms with E-state index in [2.05, 4.69) is 15.1 Å². The van der Waals surface area contributed by atoms with Gasteiger partial charge in [-0.3, -0.25) is 4.79 Å². The second kappa shape index (κ2) is 6.60. The maximum Gasteiger partial charge on any atom is 0.267 e. The number of ether oxygens (including phenoxy) is 1. The van der Waals surface area contributed by atoms with E-state index < -0.39 is 5.56 Å². The summed E-state index contributed by atoms with van der Waals surface area (Å²) in [5.41, 5.74) is 1.57. The number of aryl methyl sites for hydroxylation is 1. The number of nitrogens with zero attached hydrogens (tertiary/aromatic N) is 2. The molecule has 4 rings (SSSR count). The number of para-hydroxylation sites is 1. The molecule has 0 saturated carbocycles. The zero-order valence-electron chi connectivity index (χ0n) is 14.8. The Morgan fingerprint density at radius 2 is 2.04 bits per heavy atom. The monoisotopic (exact) mass is 363 g/mol. The van der Waals surface area contributed by atoms with Crippen LogP contribution in [-0.4, -0.2) is 26.8 Å². The molecule has 27 heavy (non-hydrogen) atoms. The third-order valence-electron chi connectivity index (χ3n) is 4.21. The van der Waals surface area contributed by atoms with Gasteiger partial charge in [-0.05, 0) is 38.1 Å². The van der Waals surface area contributed by atoms with Crippen LogP contribution in [0.25, 0.3) is 33.7 Å². The highest BCUT2D eigenvalue weighted by atomic mass is 16.5. The Morgan fingerprint density at radius 3 is 2.85 bits per heavy atom. The van der Waals surface area contributed by atoms with Gasteiger partial charge in [0, 0.05) is 5.39 Å². The number of hydrogen-bond donors (Lipinski definition) is 2. The van der Waals surface area contributed by atoms with E-state index >= 15 is 0 Å². The van der Waals surface area contributed by atoms with Crippen LogP contribution in [0.4, 0.5) is 0 Å². The van der Waals surface area contributed by atoms with Crippen molar-refractivity contribution in [2.45, 2.75) is 13.8 Å². The summed E-state index contributed by atoms with van der Waals surface area (Å²) in [6.45, 7) is 4.28. The van der Waals surface area contributed by atoms with Gasteiger partial charge >= 0.3 is 0 Å². The van der Waals surface area contributed by atoms with Crippen LogP contribution < -0.4 is 10.3 Å². The van der Waals surface area contributed by atoms with Crippen molar-refractivity contribution in [3.63, 3.8) is 0 Å². The van der Waals surface area contributed by atoms with Crippen molar-refractivity contribution >= 4 is 10.9 Å². The molecule has 0 aliphatic rings. The fourth-order valence-electron chi connectivity index (χ4n) is 2.96. The van der Waals surface area contributed by atoms with Gasteiger partial charge in [-0.15, -0.1) is 0 Å². The molecule has 2 heterocycles. The average Bonchev–Trinajstić information content (AvgIpc) is 3.13. The average molecular weight is 363 g/mol. The number of benzene rings is 2. The highest BCUT2D eigenvalue weighted by Crippen LogP contribution is 2.34. The number of rotatable bonds is 4. The summed E-state index contributed by atoms with van der Waals surface area (Å²) in [5, 5.41) is 15.1. The molecular formula is C20H17N3O4. The SMILES string of the molecule is CCOc1ccccc1-c1noc(-c2c(O)c3cc(C)ccc3[nH]c2=O)n1. The van der Waals surface area contributed by atoms with E-state index in [1.165, 1.54) is 0 Å². The summed E-state index contributed by atoms with van der Waals surface area (Å²) in [6.07, 6.45) is 0. The number of aromatic nitrogens is 3. The summed E-state index contributed by atoms with van der Waals surface area (Å²) in [6, 6.07) is 12.7. The van der Waals surface area contributed by atoms with Gasteiger partial charge < -0.3 is 19.4 Å². The lowest BCUT2D eigenvalue weighted by Gasteiger charge is -2.06. The number of aromatic hydroxyl groups is 1. The number of fused-ring (bicyclic) bond motifs is 1. The molecular weight excluding hydrogens is 346 g/mol. The minimum atomic E-state index is -0.503. The second-order valence-corrected chi connectivity index (χ2v) is 6.08. The molecule has 2 aromatic carbocycles. The van der Waals surface area contributed by atoms with Crippen LogP contribution in [0, 0.1) is 6.92 Å². The molecule has 0 aliphatic carbocycles. The predicted octanol–water partition coefficient (Wildman–Crippen LogP) is 3.66. The number of hydrogen-bond acceptors (Lipinski definition) is 6. The van der Waals surface area contributed by atoms with Gasteiger partial charge in [0.05, 0.1) is 17.7 Å². The topological polar surface area (TPSA) is 101 Å². The molecule has 7 heteroatoms. The third-order valence-corrected chi connectivity index (χ3v) is 4.21. The van der Waals surface area contributed by atoms with Crippen molar-refractivity contribution in [1.29, 1.82) is 0 Å². The van der Waals surface area contributed by atoms with Gasteiger partial charge in [-0.1, -0.05) is 28.9 Å². The Kier molecular flexibility index (Phi) is 4.12. The summed E-state index contributed by atoms with van der Waals surface area (Å²) >= 11 is 0. The Hall–Kier alpha value is -3.61. The second-order valence-electron chi connectivity index (χ2n) is 6.08. The van der Waals surface area contributed by atoms with Crippen molar-refractivity contribution in [3.05, 3.63) is 58.4 Å². The fourth-order valence-corrected chi connectivity index (χ4v) is 2.96. The Bertz CT molecular complexity index is 1190. The molecule has 7 nitrogen and oxygen atoms in total. The standard InChI is InChI=1S/C20H17N3O4/c1-3-26-15-7-5-4-6-12(15)18-22-20(27-23-18)16-17(24)13-10-11(2)8-9-14(13)21-19(16)25/h4-10H,3H2,1-2H3,(H2,21,24,25). The molecule has 0 radical (unpaired) electrons. The van der Waals surface area contributed by atoms with Gasteiger partial charge in [0.25, 0.3) is 11.4 Å². The summed E-state index contributed by atoms with van der Waals surface area (Å²) in [4.78, 5) is 19.5. The van der Waals surface area contributed by atoms with E-state index in [0.29, 0.717) is 28.8 Å². The first-order chi connectivity index (χ1) is 13.1. The quantitative estimate of drug-likeness (QED) is 0.574. The van der Waals surface area contributed by atoms with Crippen LogP contribution in [0.15, 0.2) is 51.8 Å². The van der Waals surface area contributed by atoms with Gasteiger partial charge in [0.2, 0.25) is 5.82 Å². The van der Waals surface area contributed by atoms with Crippen LogP contribution in [0.3, 0.4) is 0 Å². The van der Waals surface area contributed by atoms with Crippen molar-refractivity contribution < 1.29 is 14.4 Å². The molecule has 0 fully saturated rings. The molecule has 0 saturated heterocycles. The molecule has 2 N–H and O–H groups in total. The molecule has 0 atom stereocenters. The third kappa shape index (κ3) is 2.93. The van der Waals surface area contributed by atoms with Gasteiger partial charge in [-0.25, -0.2) is 0 Å². The van der Waals surface area contributed by atoms with E-state index in [1.807, 2.05) is 32.0 Å². The lowest BCUT2D eigenvalue weighted by molar-refractivity contribution is 0.341. The van der Waals surface area contributed by atoms with Crippen molar-refractivity contribution in [2.75, 3.05) is 6.61 Å². The highest BCUT2D eigenvalue weighted by Gasteiger charge is 2.21. The zero-order chi connectivity index (χ0) is 19.0. The minimum absolute atomic E-state index is 0.0549. The van der Waals surface area contributed by atoms with Crippen LogP contribution in [-0.2, 0) is 0 Å². The minimum Gasteiger partial charge on any atom is -0.506 e. The number of pyridine rings is 1. The molecule has 0 unspecified atom stereocenters. The van der Waals surface area contributed by atoms with Crippen molar-refractivity contribution in [3.8, 4) is 34.3 Å². The Balaban J connectivity index is 1.86. The normalized spacial score (nSPS) is 11.0. The van der Waals surface area contributed by atoms with Crippen LogP contribution >= 0.6 is 0 Å². The highest BCUT2D eigenvalue weighted by molar-refractivity contribution is 5.90. The summed E-state index contributed by atoms with van der Waals surface area (Å²) in [7, 11) is 0.